The van der Waals surface area contributed by atoms with Crippen LogP contribution < -0.4 is 4.90 Å². The number of anilines is 1. The van der Waals surface area contributed by atoms with Gasteiger partial charge >= 0.3 is 0 Å². The van der Waals surface area contributed by atoms with Crippen LogP contribution in [-0.4, -0.2) is 32.9 Å². The highest BCUT2D eigenvalue weighted by atomic mass is 15.4. The van der Waals surface area contributed by atoms with Gasteiger partial charge in [-0.15, -0.1) is 15.3 Å². The Labute approximate surface area is 123 Å². The summed E-state index contributed by atoms with van der Waals surface area (Å²) in [6.07, 6.45) is 2.98. The maximum atomic E-state index is 4.77. The molecule has 21 heavy (non-hydrogen) atoms. The maximum absolute atomic E-state index is 4.77. The molecule has 108 valence electrons. The largest absolute Gasteiger partial charge is 0.354 e. The van der Waals surface area contributed by atoms with Crippen molar-refractivity contribution in [1.29, 1.82) is 0 Å². The molecule has 2 aromatic heterocycles. The lowest BCUT2D eigenvalue weighted by molar-refractivity contribution is 0.355. The lowest BCUT2D eigenvalue weighted by Crippen LogP contribution is -2.39. The first kappa shape index (κ1) is 12.6. The normalized spacial score (nSPS) is 23.0. The van der Waals surface area contributed by atoms with Gasteiger partial charge in [0.1, 0.15) is 6.33 Å². The molecule has 0 radical (unpaired) electrons. The van der Waals surface area contributed by atoms with Crippen molar-refractivity contribution in [2.45, 2.75) is 20.3 Å². The molecule has 1 aromatic carbocycles. The van der Waals surface area contributed by atoms with Crippen molar-refractivity contribution >= 4 is 22.2 Å². The number of benzene rings is 1. The van der Waals surface area contributed by atoms with E-state index in [2.05, 4.69) is 47.1 Å². The quantitative estimate of drug-likeness (QED) is 0.688. The van der Waals surface area contributed by atoms with Crippen molar-refractivity contribution < 1.29 is 0 Å². The number of nitrogens with zero attached hydrogens (tertiary/aromatic N) is 5. The number of hydrogen-bond acceptors (Lipinski definition) is 4. The summed E-state index contributed by atoms with van der Waals surface area (Å²) in [5.74, 6) is 2.45. The predicted octanol–water partition coefficient (Wildman–Crippen LogP) is 2.76. The van der Waals surface area contributed by atoms with Gasteiger partial charge in [0, 0.05) is 23.9 Å². The monoisotopic (exact) mass is 281 g/mol. The third-order valence-corrected chi connectivity index (χ3v) is 4.31. The standard InChI is InChI=1S/C16H19N5/c1-11-7-12(2)9-20(8-11)16-14-6-4-3-5-13(14)15-18-17-10-21(15)19-16/h3-6,10-12H,7-9H2,1-2H3/t11-,12+. The summed E-state index contributed by atoms with van der Waals surface area (Å²) >= 11 is 0. The van der Waals surface area contributed by atoms with E-state index in [1.807, 2.05) is 6.07 Å². The minimum absolute atomic E-state index is 0.700. The van der Waals surface area contributed by atoms with Crippen molar-refractivity contribution in [3.05, 3.63) is 30.6 Å². The van der Waals surface area contributed by atoms with Gasteiger partial charge in [-0.05, 0) is 18.3 Å². The van der Waals surface area contributed by atoms with Gasteiger partial charge in [-0.2, -0.15) is 4.52 Å². The molecule has 4 rings (SSSR count). The van der Waals surface area contributed by atoms with E-state index in [0.29, 0.717) is 11.8 Å². The SMILES string of the molecule is C[C@@H]1C[C@H](C)CN(c2nn3cnnc3c3ccccc23)C1. The third-order valence-electron chi connectivity index (χ3n) is 4.31. The smallest absolute Gasteiger partial charge is 0.185 e. The summed E-state index contributed by atoms with van der Waals surface area (Å²) in [5, 5.41) is 15.3. The Kier molecular flexibility index (Phi) is 2.80. The van der Waals surface area contributed by atoms with E-state index in [-0.39, 0.29) is 0 Å². The van der Waals surface area contributed by atoms with E-state index in [1.54, 1.807) is 10.8 Å². The van der Waals surface area contributed by atoms with Gasteiger partial charge in [0.15, 0.2) is 11.5 Å². The molecule has 1 saturated heterocycles. The van der Waals surface area contributed by atoms with Crippen LogP contribution in [0.15, 0.2) is 30.6 Å². The van der Waals surface area contributed by atoms with Gasteiger partial charge in [0.25, 0.3) is 0 Å². The Morgan fingerprint density at radius 3 is 2.52 bits per heavy atom. The Bertz CT molecular complexity index is 784. The van der Waals surface area contributed by atoms with Crippen molar-refractivity contribution in [3.63, 3.8) is 0 Å². The highest BCUT2D eigenvalue weighted by Crippen LogP contribution is 2.31. The minimum atomic E-state index is 0.700. The second-order valence-corrected chi connectivity index (χ2v) is 6.32. The summed E-state index contributed by atoms with van der Waals surface area (Å²) in [7, 11) is 0. The van der Waals surface area contributed by atoms with Crippen molar-refractivity contribution in [2.24, 2.45) is 11.8 Å². The van der Waals surface area contributed by atoms with Gasteiger partial charge in [0.2, 0.25) is 0 Å². The number of rotatable bonds is 1. The van der Waals surface area contributed by atoms with Gasteiger partial charge < -0.3 is 4.90 Å². The number of piperidine rings is 1. The van der Waals surface area contributed by atoms with Gasteiger partial charge in [-0.3, -0.25) is 0 Å². The fraction of sp³-hybridized carbons (Fsp3) is 0.438. The van der Waals surface area contributed by atoms with Crippen LogP contribution in [0.4, 0.5) is 5.82 Å². The van der Waals surface area contributed by atoms with Crippen molar-refractivity contribution in [1.82, 2.24) is 19.8 Å². The average Bonchev–Trinajstić information content (AvgIpc) is 2.94. The van der Waals surface area contributed by atoms with Crippen LogP contribution in [-0.2, 0) is 0 Å². The summed E-state index contributed by atoms with van der Waals surface area (Å²) in [4.78, 5) is 2.42. The zero-order valence-electron chi connectivity index (χ0n) is 12.4. The zero-order valence-corrected chi connectivity index (χ0v) is 12.4. The fourth-order valence-corrected chi connectivity index (χ4v) is 3.58. The first-order chi connectivity index (χ1) is 10.2. The molecule has 0 amide bonds. The van der Waals surface area contributed by atoms with Crippen LogP contribution in [0, 0.1) is 11.8 Å². The number of hydrogen-bond donors (Lipinski definition) is 0. The molecule has 1 aliphatic heterocycles. The molecular formula is C16H19N5. The Morgan fingerprint density at radius 2 is 1.76 bits per heavy atom. The molecule has 0 spiro atoms. The van der Waals surface area contributed by atoms with E-state index in [4.69, 9.17) is 5.10 Å². The van der Waals surface area contributed by atoms with Gasteiger partial charge in [-0.1, -0.05) is 38.1 Å². The Balaban J connectivity index is 1.93. The van der Waals surface area contributed by atoms with Crippen LogP contribution in [0.2, 0.25) is 0 Å². The van der Waals surface area contributed by atoms with Crippen LogP contribution in [0.1, 0.15) is 20.3 Å². The number of fused-ring (bicyclic) bond motifs is 3. The van der Waals surface area contributed by atoms with Crippen LogP contribution in [0.25, 0.3) is 16.4 Å². The molecule has 0 saturated carbocycles. The van der Waals surface area contributed by atoms with E-state index in [1.165, 1.54) is 11.8 Å². The summed E-state index contributed by atoms with van der Waals surface area (Å²) in [5.41, 5.74) is 0.826. The summed E-state index contributed by atoms with van der Waals surface area (Å²) < 4.78 is 1.79. The van der Waals surface area contributed by atoms with Gasteiger partial charge in [-0.25, -0.2) is 0 Å². The minimum Gasteiger partial charge on any atom is -0.354 e. The van der Waals surface area contributed by atoms with Crippen molar-refractivity contribution in [3.8, 4) is 0 Å². The van der Waals surface area contributed by atoms with Crippen LogP contribution >= 0.6 is 0 Å². The lowest BCUT2D eigenvalue weighted by atomic mass is 9.92. The van der Waals surface area contributed by atoms with Gasteiger partial charge in [0.05, 0.1) is 0 Å². The Hall–Kier alpha value is -2.17. The van der Waals surface area contributed by atoms with E-state index >= 15 is 0 Å². The molecule has 0 N–H and O–H groups in total. The van der Waals surface area contributed by atoms with E-state index < -0.39 is 0 Å². The summed E-state index contributed by atoms with van der Waals surface area (Å²) in [6, 6.07) is 8.34. The van der Waals surface area contributed by atoms with Crippen LogP contribution in [0.3, 0.4) is 0 Å². The molecule has 1 fully saturated rings. The van der Waals surface area contributed by atoms with Crippen LogP contribution in [0.5, 0.6) is 0 Å². The lowest BCUT2D eigenvalue weighted by Gasteiger charge is -2.36. The summed E-state index contributed by atoms with van der Waals surface area (Å²) in [6.45, 7) is 6.77. The second-order valence-electron chi connectivity index (χ2n) is 6.32. The van der Waals surface area contributed by atoms with E-state index in [9.17, 15) is 0 Å². The molecule has 1 aliphatic rings. The molecule has 3 heterocycles. The fourth-order valence-electron chi connectivity index (χ4n) is 3.58. The third kappa shape index (κ3) is 2.04. The molecule has 0 aliphatic carbocycles. The first-order valence-electron chi connectivity index (χ1n) is 7.56. The highest BCUT2D eigenvalue weighted by Gasteiger charge is 2.25. The Morgan fingerprint density at radius 1 is 1.05 bits per heavy atom. The zero-order chi connectivity index (χ0) is 14.4. The molecule has 5 heteroatoms. The maximum Gasteiger partial charge on any atom is 0.185 e. The molecule has 3 aromatic rings. The highest BCUT2D eigenvalue weighted by molar-refractivity contribution is 6.00. The topological polar surface area (TPSA) is 46.3 Å². The average molecular weight is 281 g/mol. The van der Waals surface area contributed by atoms with Crippen molar-refractivity contribution in [2.75, 3.05) is 18.0 Å². The first-order valence-corrected chi connectivity index (χ1v) is 7.56. The molecule has 2 atom stereocenters. The molecule has 0 unspecified atom stereocenters. The molecular weight excluding hydrogens is 262 g/mol. The predicted molar refractivity (Wildman–Crippen MR) is 83.4 cm³/mol. The molecule has 0 bridgehead atoms. The van der Waals surface area contributed by atoms with E-state index in [0.717, 1.165) is 29.9 Å². The number of aromatic nitrogens is 4. The molecule has 5 nitrogen and oxygen atoms in total. The second kappa shape index (κ2) is 4.69.